The van der Waals surface area contributed by atoms with E-state index in [4.69, 9.17) is 5.11 Å². The zero-order valence-electron chi connectivity index (χ0n) is 20.5. The third kappa shape index (κ3) is 10.2. The quantitative estimate of drug-likeness (QED) is 0.225. The van der Waals surface area contributed by atoms with E-state index in [1.54, 1.807) is 43.0 Å². The van der Waals surface area contributed by atoms with Crippen molar-refractivity contribution in [3.8, 4) is 11.3 Å². The second kappa shape index (κ2) is 14.6. The average Bonchev–Trinajstić information content (AvgIpc) is 3.43. The van der Waals surface area contributed by atoms with Gasteiger partial charge in [-0.2, -0.15) is 0 Å². The van der Waals surface area contributed by atoms with Crippen molar-refractivity contribution in [2.75, 3.05) is 11.9 Å². The lowest BCUT2D eigenvalue weighted by atomic mass is 10.1. The fraction of sp³-hybridized carbons (Fsp3) is 0.280. The number of carboxylic acid groups (broad SMARTS) is 1. The number of carbonyl (C=O) groups is 4. The van der Waals surface area contributed by atoms with Crippen LogP contribution in [0.15, 0.2) is 59.9 Å². The number of carbonyl (C=O) groups excluding carboxylic acids is 3. The second-order valence-corrected chi connectivity index (χ2v) is 7.98. The highest BCUT2D eigenvalue weighted by atomic mass is 16.4. The van der Waals surface area contributed by atoms with Crippen LogP contribution in [0, 0.1) is 0 Å². The van der Waals surface area contributed by atoms with Gasteiger partial charge in [0.05, 0.1) is 6.33 Å². The van der Waals surface area contributed by atoms with Crippen LogP contribution in [0.2, 0.25) is 0 Å². The van der Waals surface area contributed by atoms with Gasteiger partial charge in [0.15, 0.2) is 0 Å². The number of hydrogen-bond donors (Lipinski definition) is 6. The van der Waals surface area contributed by atoms with Gasteiger partial charge in [0, 0.05) is 44.2 Å². The van der Waals surface area contributed by atoms with Gasteiger partial charge in [0.2, 0.25) is 17.7 Å². The van der Waals surface area contributed by atoms with Gasteiger partial charge in [-0.05, 0) is 49.1 Å². The third-order valence-electron chi connectivity index (χ3n) is 5.00. The van der Waals surface area contributed by atoms with Crippen LogP contribution in [-0.4, -0.2) is 56.3 Å². The largest absolute Gasteiger partial charge is 0.477 e. The molecule has 0 aliphatic carbocycles. The van der Waals surface area contributed by atoms with Crippen molar-refractivity contribution in [3.63, 3.8) is 0 Å². The number of H-pyrrole nitrogens is 2. The van der Waals surface area contributed by atoms with Crippen LogP contribution in [0.1, 0.15) is 43.5 Å². The number of rotatable bonds is 10. The topological polar surface area (TPSA) is 186 Å². The summed E-state index contributed by atoms with van der Waals surface area (Å²) in [6.45, 7) is 3.27. The normalized spacial score (nSPS) is 10.9. The van der Waals surface area contributed by atoms with E-state index in [0.717, 1.165) is 0 Å². The molecule has 1 aromatic carbocycles. The molecule has 0 aliphatic rings. The third-order valence-corrected chi connectivity index (χ3v) is 5.00. The molecule has 0 unspecified atom stereocenters. The molecule has 6 N–H and O–H groups in total. The molecule has 12 nitrogen and oxygen atoms in total. The van der Waals surface area contributed by atoms with Crippen molar-refractivity contribution in [1.29, 1.82) is 0 Å². The number of nitrogens with one attached hydrogen (secondary N) is 5. The fourth-order valence-corrected chi connectivity index (χ4v) is 3.24. The maximum atomic E-state index is 12.6. The highest BCUT2D eigenvalue weighted by molar-refractivity contribution is 5.97. The Morgan fingerprint density at radius 3 is 2.24 bits per heavy atom. The molecule has 0 fully saturated rings. The maximum Gasteiger partial charge on any atom is 0.341 e. The molecule has 0 saturated carbocycles. The Hall–Kier alpha value is -4.74. The van der Waals surface area contributed by atoms with Crippen LogP contribution in [0.25, 0.3) is 11.3 Å². The first kappa shape index (κ1) is 28.5. The van der Waals surface area contributed by atoms with E-state index in [1.807, 2.05) is 0 Å². The summed E-state index contributed by atoms with van der Waals surface area (Å²) in [4.78, 5) is 66.7. The van der Waals surface area contributed by atoms with Gasteiger partial charge in [-0.15, -0.1) is 0 Å². The van der Waals surface area contributed by atoms with Crippen molar-refractivity contribution < 1.29 is 24.3 Å². The first-order chi connectivity index (χ1) is 17.7. The zero-order valence-corrected chi connectivity index (χ0v) is 20.5. The van der Waals surface area contributed by atoms with Gasteiger partial charge in [0.1, 0.15) is 11.6 Å². The first-order valence-corrected chi connectivity index (χ1v) is 11.5. The lowest BCUT2D eigenvalue weighted by molar-refractivity contribution is -0.125. The minimum absolute atomic E-state index is 0.119. The Kier molecular flexibility index (Phi) is 11.3. The highest BCUT2D eigenvalue weighted by Crippen LogP contribution is 2.19. The average molecular weight is 511 g/mol. The van der Waals surface area contributed by atoms with Gasteiger partial charge in [-0.25, -0.2) is 9.78 Å². The summed E-state index contributed by atoms with van der Waals surface area (Å²) in [6, 6.07) is 8.62. The molecular formula is C25H30N6O6. The van der Waals surface area contributed by atoms with Crippen molar-refractivity contribution >= 4 is 29.4 Å². The summed E-state index contributed by atoms with van der Waals surface area (Å²) < 4.78 is 0. The predicted molar refractivity (Wildman–Crippen MR) is 137 cm³/mol. The summed E-state index contributed by atoms with van der Waals surface area (Å²) in [7, 11) is 0. The Morgan fingerprint density at radius 1 is 1.00 bits per heavy atom. The summed E-state index contributed by atoms with van der Waals surface area (Å²) in [5.41, 5.74) is 0.515. The van der Waals surface area contributed by atoms with E-state index >= 15 is 0 Å². The highest BCUT2D eigenvalue weighted by Gasteiger charge is 2.19. The molecule has 1 atom stereocenters. The molecule has 0 bridgehead atoms. The summed E-state index contributed by atoms with van der Waals surface area (Å²) in [5, 5.41) is 17.0. The van der Waals surface area contributed by atoms with Crippen molar-refractivity contribution in [2.24, 2.45) is 0 Å². The van der Waals surface area contributed by atoms with Crippen LogP contribution in [0.4, 0.5) is 5.69 Å². The number of unbranched alkanes of at least 4 members (excludes halogenated alkanes) is 1. The maximum absolute atomic E-state index is 12.6. The number of pyridine rings is 1. The molecule has 2 aromatic heterocycles. The number of benzene rings is 1. The summed E-state index contributed by atoms with van der Waals surface area (Å²) in [6.07, 6.45) is 6.81. The molecule has 0 saturated heterocycles. The monoisotopic (exact) mass is 510 g/mol. The van der Waals surface area contributed by atoms with E-state index < -0.39 is 17.6 Å². The summed E-state index contributed by atoms with van der Waals surface area (Å²) in [5.74, 6) is -2.12. The Labute approximate surface area is 212 Å². The van der Waals surface area contributed by atoms with Crippen molar-refractivity contribution in [3.05, 3.63) is 71.0 Å². The van der Waals surface area contributed by atoms with E-state index in [1.165, 1.54) is 26.0 Å². The van der Waals surface area contributed by atoms with E-state index in [9.17, 15) is 24.0 Å². The molecule has 0 radical (unpaired) electrons. The number of aromatic carboxylic acids is 1. The van der Waals surface area contributed by atoms with E-state index in [0.29, 0.717) is 42.8 Å². The van der Waals surface area contributed by atoms with E-state index in [2.05, 4.69) is 30.9 Å². The number of hydrogen-bond acceptors (Lipinski definition) is 6. The molecule has 196 valence electrons. The summed E-state index contributed by atoms with van der Waals surface area (Å²) >= 11 is 0. The van der Waals surface area contributed by atoms with Gasteiger partial charge in [-0.3, -0.25) is 19.2 Å². The molecule has 12 heteroatoms. The van der Waals surface area contributed by atoms with Crippen LogP contribution in [0.5, 0.6) is 0 Å². The molecule has 3 amide bonds. The number of imidazole rings is 1. The molecule has 0 aliphatic heterocycles. The Morgan fingerprint density at radius 2 is 1.73 bits per heavy atom. The number of aromatic nitrogens is 3. The molecule has 37 heavy (non-hydrogen) atoms. The number of aromatic amines is 2. The van der Waals surface area contributed by atoms with Crippen molar-refractivity contribution in [2.45, 2.75) is 39.2 Å². The smallest absolute Gasteiger partial charge is 0.341 e. The van der Waals surface area contributed by atoms with Crippen LogP contribution in [-0.2, 0) is 14.4 Å². The van der Waals surface area contributed by atoms with E-state index in [-0.39, 0.29) is 23.3 Å². The number of nitrogens with zero attached hydrogens (tertiary/aromatic N) is 1. The zero-order chi connectivity index (χ0) is 27.2. The van der Waals surface area contributed by atoms with Crippen molar-refractivity contribution in [1.82, 2.24) is 25.6 Å². The minimum Gasteiger partial charge on any atom is -0.477 e. The van der Waals surface area contributed by atoms with Crippen LogP contribution >= 0.6 is 0 Å². The fourth-order valence-electron chi connectivity index (χ4n) is 3.24. The SMILES string of the molecule is CC(=O)NCCCC[C@H](NC(C)=O)C(=O)Nc1ccc(-c2ccc(C(=O)O)c(=O)[nH]2)cc1.c1c[nH]cn1. The molecule has 3 rings (SSSR count). The molecule has 2 heterocycles. The van der Waals surface area contributed by atoms with Gasteiger partial charge < -0.3 is 31.0 Å². The first-order valence-electron chi connectivity index (χ1n) is 11.5. The Bertz CT molecular complexity index is 1220. The molecule has 3 aromatic rings. The standard InChI is InChI=1S/C22H26N4O6.C3H4N2/c1-13(27)23-12-4-3-5-19(24-14(2)28)21(30)25-16-8-6-15(7-9-16)18-11-10-17(22(31)32)20(29)26-18;1-2-5-3-4-1/h6-11,19H,3-5,12H2,1-2H3,(H,23,27)(H,24,28)(H,25,30)(H,26,29)(H,31,32);1-3H,(H,4,5)/t19-;/m0./s1. The number of amides is 3. The Balaban J connectivity index is 0.000000856. The van der Waals surface area contributed by atoms with Gasteiger partial charge >= 0.3 is 5.97 Å². The van der Waals surface area contributed by atoms with Crippen LogP contribution in [0.3, 0.4) is 0 Å². The number of carboxylic acids is 1. The second-order valence-electron chi connectivity index (χ2n) is 7.98. The number of anilines is 1. The van der Waals surface area contributed by atoms with Gasteiger partial charge in [0.25, 0.3) is 5.56 Å². The lowest BCUT2D eigenvalue weighted by Crippen LogP contribution is -2.42. The molecular weight excluding hydrogens is 480 g/mol. The van der Waals surface area contributed by atoms with Gasteiger partial charge in [-0.1, -0.05) is 12.1 Å². The lowest BCUT2D eigenvalue weighted by Gasteiger charge is -2.18. The molecule has 0 spiro atoms. The predicted octanol–water partition coefficient (Wildman–Crippen LogP) is 1.90. The minimum atomic E-state index is -1.31. The van der Waals surface area contributed by atoms with Crippen LogP contribution < -0.4 is 21.5 Å².